The van der Waals surface area contributed by atoms with Gasteiger partial charge in [0.25, 0.3) is 0 Å². The van der Waals surface area contributed by atoms with Crippen LogP contribution in [0.2, 0.25) is 0 Å². The van der Waals surface area contributed by atoms with Crippen molar-refractivity contribution in [2.24, 2.45) is 0 Å². The van der Waals surface area contributed by atoms with Gasteiger partial charge in [-0.15, -0.1) is 0 Å². The number of carboxylic acids is 1. The van der Waals surface area contributed by atoms with Crippen LogP contribution in [0, 0.1) is 0 Å². The molecule has 0 aliphatic carbocycles. The van der Waals surface area contributed by atoms with Crippen molar-refractivity contribution >= 4 is 17.7 Å². The SMILES string of the molecule is CN[C@@H](CSC)C(=O)O. The molecule has 0 aromatic rings. The fourth-order valence-electron chi connectivity index (χ4n) is 0.445. The second-order valence-corrected chi connectivity index (χ2v) is 2.55. The summed E-state index contributed by atoms with van der Waals surface area (Å²) in [6, 6.07) is -0.403. The molecule has 0 saturated carbocycles. The van der Waals surface area contributed by atoms with E-state index < -0.39 is 12.0 Å². The van der Waals surface area contributed by atoms with Gasteiger partial charge < -0.3 is 10.4 Å². The highest BCUT2D eigenvalue weighted by Crippen LogP contribution is 1.95. The van der Waals surface area contributed by atoms with Gasteiger partial charge in [0.05, 0.1) is 0 Å². The Morgan fingerprint density at radius 3 is 2.56 bits per heavy atom. The van der Waals surface area contributed by atoms with Gasteiger partial charge in [0.2, 0.25) is 0 Å². The molecule has 0 saturated heterocycles. The standard InChI is InChI=1S/C5H11NO2S/c1-6-4(3-9-2)5(7)8/h4,6H,3H2,1-2H3,(H,7,8)/t4-/m0/s1. The van der Waals surface area contributed by atoms with E-state index in [0.29, 0.717) is 5.75 Å². The average molecular weight is 149 g/mol. The van der Waals surface area contributed by atoms with E-state index in [-0.39, 0.29) is 0 Å². The first-order chi connectivity index (χ1) is 4.22. The lowest BCUT2D eigenvalue weighted by molar-refractivity contribution is -0.138. The molecule has 0 amide bonds. The first-order valence-electron chi connectivity index (χ1n) is 2.61. The van der Waals surface area contributed by atoms with Crippen LogP contribution in [0.5, 0.6) is 0 Å². The van der Waals surface area contributed by atoms with E-state index in [0.717, 1.165) is 0 Å². The summed E-state index contributed by atoms with van der Waals surface area (Å²) in [5, 5.41) is 11.1. The van der Waals surface area contributed by atoms with Crippen LogP contribution < -0.4 is 5.32 Å². The average Bonchev–Trinajstić information content (AvgIpc) is 1.82. The van der Waals surface area contributed by atoms with Crippen LogP contribution >= 0.6 is 11.8 Å². The third-order valence-electron chi connectivity index (χ3n) is 0.980. The van der Waals surface area contributed by atoms with Crippen molar-refractivity contribution in [3.63, 3.8) is 0 Å². The Bertz CT molecular complexity index is 97.0. The van der Waals surface area contributed by atoms with E-state index in [1.807, 2.05) is 6.26 Å². The molecule has 9 heavy (non-hydrogen) atoms. The Balaban J connectivity index is 3.54. The van der Waals surface area contributed by atoms with Crippen LogP contribution in [0.25, 0.3) is 0 Å². The minimum atomic E-state index is -0.785. The number of thioether (sulfide) groups is 1. The van der Waals surface area contributed by atoms with Gasteiger partial charge in [-0.25, -0.2) is 0 Å². The molecule has 54 valence electrons. The Labute approximate surface area is 58.8 Å². The van der Waals surface area contributed by atoms with E-state index in [2.05, 4.69) is 5.32 Å². The molecule has 0 heterocycles. The minimum absolute atomic E-state index is 0.403. The van der Waals surface area contributed by atoms with E-state index in [1.54, 1.807) is 7.05 Å². The summed E-state index contributed by atoms with van der Waals surface area (Å²) >= 11 is 1.52. The number of carboxylic acid groups (broad SMARTS) is 1. The topological polar surface area (TPSA) is 49.3 Å². The summed E-state index contributed by atoms with van der Waals surface area (Å²) in [5.74, 6) is -0.168. The quantitative estimate of drug-likeness (QED) is 0.591. The van der Waals surface area contributed by atoms with Crippen LogP contribution in [0.15, 0.2) is 0 Å². The highest BCUT2D eigenvalue weighted by molar-refractivity contribution is 7.98. The van der Waals surface area contributed by atoms with E-state index in [4.69, 9.17) is 5.11 Å². The molecule has 2 N–H and O–H groups in total. The molecule has 0 aliphatic heterocycles. The molecule has 0 rings (SSSR count). The largest absolute Gasteiger partial charge is 0.480 e. The molecule has 4 heteroatoms. The molecule has 0 aromatic heterocycles. The number of rotatable bonds is 4. The third-order valence-corrected chi connectivity index (χ3v) is 1.65. The summed E-state index contributed by atoms with van der Waals surface area (Å²) < 4.78 is 0. The van der Waals surface area contributed by atoms with Gasteiger partial charge in [0.15, 0.2) is 0 Å². The number of hydrogen-bond donors (Lipinski definition) is 2. The maximum Gasteiger partial charge on any atom is 0.321 e. The van der Waals surface area contributed by atoms with Crippen molar-refractivity contribution in [1.82, 2.24) is 5.32 Å². The maximum absolute atomic E-state index is 10.2. The zero-order chi connectivity index (χ0) is 7.28. The highest BCUT2D eigenvalue weighted by atomic mass is 32.2. The lowest BCUT2D eigenvalue weighted by Crippen LogP contribution is -2.35. The van der Waals surface area contributed by atoms with Crippen LogP contribution in [-0.4, -0.2) is 36.2 Å². The summed E-state index contributed by atoms with van der Waals surface area (Å²) in [6.45, 7) is 0. The van der Waals surface area contributed by atoms with Crippen molar-refractivity contribution in [1.29, 1.82) is 0 Å². The predicted octanol–water partition coefficient (Wildman–Crippen LogP) is 0.0220. The normalized spacial score (nSPS) is 13.1. The summed E-state index contributed by atoms with van der Waals surface area (Å²) in [6.07, 6.45) is 1.88. The van der Waals surface area contributed by atoms with Crippen LogP contribution in [0.3, 0.4) is 0 Å². The summed E-state index contributed by atoms with van der Waals surface area (Å²) in [5.41, 5.74) is 0. The molecule has 0 aliphatic rings. The van der Waals surface area contributed by atoms with Gasteiger partial charge in [-0.1, -0.05) is 0 Å². The van der Waals surface area contributed by atoms with Crippen molar-refractivity contribution in [2.45, 2.75) is 6.04 Å². The fraction of sp³-hybridized carbons (Fsp3) is 0.800. The van der Waals surface area contributed by atoms with Gasteiger partial charge in [-0.05, 0) is 13.3 Å². The number of nitrogens with one attached hydrogen (secondary N) is 1. The zero-order valence-electron chi connectivity index (χ0n) is 5.55. The first kappa shape index (κ1) is 8.78. The highest BCUT2D eigenvalue weighted by Gasteiger charge is 2.12. The van der Waals surface area contributed by atoms with Gasteiger partial charge in [-0.3, -0.25) is 4.79 Å². The van der Waals surface area contributed by atoms with E-state index in [1.165, 1.54) is 11.8 Å². The molecule has 3 nitrogen and oxygen atoms in total. The number of aliphatic carboxylic acids is 1. The predicted molar refractivity (Wildman–Crippen MR) is 38.9 cm³/mol. The number of hydrogen-bond acceptors (Lipinski definition) is 3. The van der Waals surface area contributed by atoms with Crippen molar-refractivity contribution < 1.29 is 9.90 Å². The summed E-state index contributed by atoms with van der Waals surface area (Å²) in [7, 11) is 1.65. The molecular weight excluding hydrogens is 138 g/mol. The lowest BCUT2D eigenvalue weighted by Gasteiger charge is -2.07. The van der Waals surface area contributed by atoms with Crippen LogP contribution in [0.4, 0.5) is 0 Å². The molecular formula is C5H11NO2S. The Kier molecular flexibility index (Phi) is 4.53. The van der Waals surface area contributed by atoms with Crippen molar-refractivity contribution in [3.8, 4) is 0 Å². The zero-order valence-corrected chi connectivity index (χ0v) is 6.36. The third kappa shape index (κ3) is 3.37. The second-order valence-electron chi connectivity index (χ2n) is 1.63. The van der Waals surface area contributed by atoms with Crippen molar-refractivity contribution in [3.05, 3.63) is 0 Å². The molecule has 0 unspecified atom stereocenters. The van der Waals surface area contributed by atoms with Crippen LogP contribution in [-0.2, 0) is 4.79 Å². The fourth-order valence-corrected chi connectivity index (χ4v) is 1.09. The molecule has 0 aromatic carbocycles. The monoisotopic (exact) mass is 149 g/mol. The Morgan fingerprint density at radius 1 is 1.89 bits per heavy atom. The molecule has 0 spiro atoms. The van der Waals surface area contributed by atoms with Crippen LogP contribution in [0.1, 0.15) is 0 Å². The molecule has 0 radical (unpaired) electrons. The van der Waals surface area contributed by atoms with Gasteiger partial charge in [0.1, 0.15) is 6.04 Å². The number of carbonyl (C=O) groups is 1. The van der Waals surface area contributed by atoms with E-state index in [9.17, 15) is 4.79 Å². The van der Waals surface area contributed by atoms with Gasteiger partial charge in [-0.2, -0.15) is 11.8 Å². The number of likely N-dealkylation sites (N-methyl/N-ethyl adjacent to an activating group) is 1. The van der Waals surface area contributed by atoms with Crippen molar-refractivity contribution in [2.75, 3.05) is 19.1 Å². The first-order valence-corrected chi connectivity index (χ1v) is 4.00. The Hall–Kier alpha value is -0.220. The van der Waals surface area contributed by atoms with Gasteiger partial charge >= 0.3 is 5.97 Å². The molecule has 0 bridgehead atoms. The maximum atomic E-state index is 10.2. The van der Waals surface area contributed by atoms with E-state index >= 15 is 0 Å². The minimum Gasteiger partial charge on any atom is -0.480 e. The van der Waals surface area contributed by atoms with Gasteiger partial charge in [0, 0.05) is 5.75 Å². The Morgan fingerprint density at radius 2 is 2.44 bits per heavy atom. The summed E-state index contributed by atoms with van der Waals surface area (Å²) in [4.78, 5) is 10.2. The molecule has 1 atom stereocenters. The smallest absolute Gasteiger partial charge is 0.321 e. The molecule has 0 fully saturated rings. The second kappa shape index (κ2) is 4.64. The lowest BCUT2D eigenvalue weighted by atomic mass is 10.3.